The Kier molecular flexibility index (Phi) is 4.48. The van der Waals surface area contributed by atoms with E-state index in [0.717, 1.165) is 6.07 Å². The van der Waals surface area contributed by atoms with Crippen molar-refractivity contribution in [3.63, 3.8) is 0 Å². The summed E-state index contributed by atoms with van der Waals surface area (Å²) in [6.45, 7) is 0. The van der Waals surface area contributed by atoms with Crippen LogP contribution in [0.1, 0.15) is 11.3 Å². The number of hydrogen-bond donors (Lipinski definition) is 2. The third-order valence-corrected chi connectivity index (χ3v) is 3.48. The number of thiocarbonyl (C=S) groups is 1. The number of hydrogen-bond acceptors (Lipinski definition) is 3. The minimum atomic E-state index is -4.45. The Labute approximate surface area is 132 Å². The molecule has 0 radical (unpaired) electrons. The van der Waals surface area contributed by atoms with E-state index in [2.05, 4.69) is 26.2 Å². The predicted octanol–water partition coefficient (Wildman–Crippen LogP) is 4.24. The van der Waals surface area contributed by atoms with Gasteiger partial charge in [-0.1, -0.05) is 28.1 Å². The molecule has 0 unspecified atom stereocenters. The summed E-state index contributed by atoms with van der Waals surface area (Å²) in [5.41, 5.74) is 5.79. The summed E-state index contributed by atoms with van der Waals surface area (Å²) in [5.74, 6) is 0. The number of pyridine rings is 1. The molecule has 3 N–H and O–H groups in total. The standard InChI is InChI=1S/C13H9BrF3N3S/c14-9-4-3-7(6-8(9)13(15,16)17)20-10-2-1-5-19-11(10)12(18)21/h1-6,20H,(H2,18,21). The molecule has 110 valence electrons. The van der Waals surface area contributed by atoms with Gasteiger partial charge in [0.15, 0.2) is 0 Å². The monoisotopic (exact) mass is 375 g/mol. The minimum absolute atomic E-state index is 0.0266. The van der Waals surface area contributed by atoms with Crippen molar-refractivity contribution >= 4 is 44.5 Å². The Morgan fingerprint density at radius 1 is 1.29 bits per heavy atom. The van der Waals surface area contributed by atoms with Crippen molar-refractivity contribution in [3.8, 4) is 0 Å². The van der Waals surface area contributed by atoms with E-state index in [1.807, 2.05) is 0 Å². The van der Waals surface area contributed by atoms with Gasteiger partial charge in [0.1, 0.15) is 10.7 Å². The van der Waals surface area contributed by atoms with Crippen LogP contribution in [0.4, 0.5) is 24.5 Å². The zero-order valence-electron chi connectivity index (χ0n) is 10.4. The summed E-state index contributed by atoms with van der Waals surface area (Å²) in [6.07, 6.45) is -2.94. The SMILES string of the molecule is NC(=S)c1ncccc1Nc1ccc(Br)c(C(F)(F)F)c1. The Hall–Kier alpha value is -1.67. The zero-order chi connectivity index (χ0) is 15.6. The van der Waals surface area contributed by atoms with E-state index >= 15 is 0 Å². The molecule has 0 aliphatic heterocycles. The second-order valence-electron chi connectivity index (χ2n) is 4.08. The number of halogens is 4. The van der Waals surface area contributed by atoms with Crippen LogP contribution in [-0.2, 0) is 6.18 Å². The summed E-state index contributed by atoms with van der Waals surface area (Å²) < 4.78 is 38.6. The molecule has 0 saturated carbocycles. The summed E-state index contributed by atoms with van der Waals surface area (Å²) in [7, 11) is 0. The minimum Gasteiger partial charge on any atom is -0.388 e. The van der Waals surface area contributed by atoms with Crippen LogP contribution >= 0.6 is 28.1 Å². The highest BCUT2D eigenvalue weighted by molar-refractivity contribution is 9.10. The fraction of sp³-hybridized carbons (Fsp3) is 0.0769. The maximum atomic E-state index is 12.9. The van der Waals surface area contributed by atoms with Gasteiger partial charge in [-0.15, -0.1) is 0 Å². The quantitative estimate of drug-likeness (QED) is 0.787. The highest BCUT2D eigenvalue weighted by Crippen LogP contribution is 2.37. The molecule has 0 fully saturated rings. The van der Waals surface area contributed by atoms with Gasteiger partial charge in [-0.25, -0.2) is 0 Å². The van der Waals surface area contributed by atoms with Crippen LogP contribution < -0.4 is 11.1 Å². The van der Waals surface area contributed by atoms with Crippen LogP contribution in [0.5, 0.6) is 0 Å². The first-order valence-electron chi connectivity index (χ1n) is 5.67. The first kappa shape index (κ1) is 15.7. The van der Waals surface area contributed by atoms with Gasteiger partial charge in [0.05, 0.1) is 11.3 Å². The van der Waals surface area contributed by atoms with Gasteiger partial charge in [-0.05, 0) is 30.3 Å². The van der Waals surface area contributed by atoms with Gasteiger partial charge >= 0.3 is 6.18 Å². The summed E-state index contributed by atoms with van der Waals surface area (Å²) >= 11 is 7.75. The molecule has 1 aromatic heterocycles. The molecule has 1 heterocycles. The van der Waals surface area contributed by atoms with Gasteiger partial charge < -0.3 is 11.1 Å². The van der Waals surface area contributed by atoms with Gasteiger partial charge in [-0.2, -0.15) is 13.2 Å². The molecule has 0 bridgehead atoms. The Balaban J connectivity index is 2.40. The van der Waals surface area contributed by atoms with E-state index in [0.29, 0.717) is 11.4 Å². The van der Waals surface area contributed by atoms with E-state index in [4.69, 9.17) is 18.0 Å². The first-order chi connectivity index (χ1) is 9.79. The zero-order valence-corrected chi connectivity index (χ0v) is 12.8. The molecule has 0 saturated heterocycles. The molecule has 0 atom stereocenters. The van der Waals surface area contributed by atoms with Crippen molar-refractivity contribution in [2.45, 2.75) is 6.18 Å². The van der Waals surface area contributed by atoms with Crippen molar-refractivity contribution in [3.05, 3.63) is 52.3 Å². The molecule has 1 aromatic carbocycles. The third kappa shape index (κ3) is 3.70. The van der Waals surface area contributed by atoms with Gasteiger partial charge in [0.25, 0.3) is 0 Å². The largest absolute Gasteiger partial charge is 0.417 e. The third-order valence-electron chi connectivity index (χ3n) is 2.59. The number of anilines is 2. The van der Waals surface area contributed by atoms with Gasteiger partial charge in [0.2, 0.25) is 0 Å². The number of benzene rings is 1. The number of nitrogens with one attached hydrogen (secondary N) is 1. The number of rotatable bonds is 3. The van der Waals surface area contributed by atoms with E-state index in [9.17, 15) is 13.2 Å². The van der Waals surface area contributed by atoms with E-state index in [1.165, 1.54) is 18.3 Å². The van der Waals surface area contributed by atoms with Crippen LogP contribution in [0, 0.1) is 0 Å². The molecule has 0 aliphatic carbocycles. The fourth-order valence-corrected chi connectivity index (χ4v) is 2.31. The molecule has 0 amide bonds. The van der Waals surface area contributed by atoms with E-state index < -0.39 is 11.7 Å². The second-order valence-corrected chi connectivity index (χ2v) is 5.38. The van der Waals surface area contributed by atoms with Crippen LogP contribution in [0.2, 0.25) is 0 Å². The molecule has 2 rings (SSSR count). The highest BCUT2D eigenvalue weighted by atomic mass is 79.9. The molecule has 0 aliphatic rings. The summed E-state index contributed by atoms with van der Waals surface area (Å²) in [4.78, 5) is 4.06. The van der Waals surface area contributed by atoms with E-state index in [-0.39, 0.29) is 15.1 Å². The molecule has 3 nitrogen and oxygen atoms in total. The van der Waals surface area contributed by atoms with Crippen molar-refractivity contribution in [1.82, 2.24) is 4.98 Å². The Morgan fingerprint density at radius 3 is 2.62 bits per heavy atom. The average molecular weight is 376 g/mol. The van der Waals surface area contributed by atoms with Crippen molar-refractivity contribution < 1.29 is 13.2 Å². The lowest BCUT2D eigenvalue weighted by molar-refractivity contribution is -0.138. The predicted molar refractivity (Wildman–Crippen MR) is 82.6 cm³/mol. The summed E-state index contributed by atoms with van der Waals surface area (Å²) in [5, 5.41) is 2.84. The molecule has 21 heavy (non-hydrogen) atoms. The first-order valence-corrected chi connectivity index (χ1v) is 6.88. The maximum absolute atomic E-state index is 12.9. The lowest BCUT2D eigenvalue weighted by Crippen LogP contribution is -2.14. The van der Waals surface area contributed by atoms with Crippen molar-refractivity contribution in [2.75, 3.05) is 5.32 Å². The number of nitrogens with two attached hydrogens (primary N) is 1. The Morgan fingerprint density at radius 2 is 2.00 bits per heavy atom. The topological polar surface area (TPSA) is 50.9 Å². The molecule has 0 spiro atoms. The molecular weight excluding hydrogens is 367 g/mol. The lowest BCUT2D eigenvalue weighted by atomic mass is 10.2. The highest BCUT2D eigenvalue weighted by Gasteiger charge is 2.33. The van der Waals surface area contributed by atoms with Crippen LogP contribution in [-0.4, -0.2) is 9.97 Å². The Bertz CT molecular complexity index is 689. The normalized spacial score (nSPS) is 11.2. The molecule has 8 heteroatoms. The second kappa shape index (κ2) is 5.98. The number of alkyl halides is 3. The van der Waals surface area contributed by atoms with E-state index in [1.54, 1.807) is 12.1 Å². The van der Waals surface area contributed by atoms with Crippen LogP contribution in [0.25, 0.3) is 0 Å². The molecule has 2 aromatic rings. The van der Waals surface area contributed by atoms with Gasteiger partial charge in [0, 0.05) is 16.4 Å². The number of aromatic nitrogens is 1. The van der Waals surface area contributed by atoms with Gasteiger partial charge in [-0.3, -0.25) is 4.98 Å². The summed E-state index contributed by atoms with van der Waals surface area (Å²) in [6, 6.07) is 7.10. The molecular formula is C13H9BrF3N3S. The fourth-order valence-electron chi connectivity index (χ4n) is 1.68. The van der Waals surface area contributed by atoms with Crippen LogP contribution in [0.3, 0.4) is 0 Å². The maximum Gasteiger partial charge on any atom is 0.417 e. The van der Waals surface area contributed by atoms with Crippen molar-refractivity contribution in [2.24, 2.45) is 5.73 Å². The van der Waals surface area contributed by atoms with Crippen LogP contribution in [0.15, 0.2) is 41.0 Å². The average Bonchev–Trinajstić information content (AvgIpc) is 2.40. The van der Waals surface area contributed by atoms with Crippen molar-refractivity contribution in [1.29, 1.82) is 0 Å². The number of nitrogens with zero attached hydrogens (tertiary/aromatic N) is 1. The lowest BCUT2D eigenvalue weighted by Gasteiger charge is -2.14. The smallest absolute Gasteiger partial charge is 0.388 e.